The van der Waals surface area contributed by atoms with Crippen LogP contribution in [0, 0.1) is 0 Å². The highest BCUT2D eigenvalue weighted by Gasteiger charge is 2.10. The standard InChI is InChI=1S/C8H11BrO4/c1-12-7(10)5-6(3-4-9)8(11)13-2/h5H,3-4H2,1-2H3/b6-5+. The van der Waals surface area contributed by atoms with Crippen LogP contribution in [0.3, 0.4) is 0 Å². The zero-order chi connectivity index (χ0) is 10.3. The van der Waals surface area contributed by atoms with Crippen LogP contribution in [-0.4, -0.2) is 31.5 Å². The SMILES string of the molecule is COC(=O)/C=C(\CCBr)C(=O)OC. The van der Waals surface area contributed by atoms with Crippen LogP contribution in [0.4, 0.5) is 0 Å². The van der Waals surface area contributed by atoms with Crippen molar-refractivity contribution < 1.29 is 19.1 Å². The summed E-state index contributed by atoms with van der Waals surface area (Å²) < 4.78 is 8.86. The molecule has 0 aromatic carbocycles. The molecule has 74 valence electrons. The Labute approximate surface area is 85.0 Å². The summed E-state index contributed by atoms with van der Waals surface area (Å²) in [6, 6.07) is 0. The Bertz CT molecular complexity index is 222. The molecule has 4 nitrogen and oxygen atoms in total. The number of ether oxygens (including phenoxy) is 2. The van der Waals surface area contributed by atoms with Gasteiger partial charge in [0.05, 0.1) is 14.2 Å². The zero-order valence-corrected chi connectivity index (χ0v) is 9.09. The Kier molecular flexibility index (Phi) is 6.22. The fraction of sp³-hybridized carbons (Fsp3) is 0.500. The van der Waals surface area contributed by atoms with Crippen molar-refractivity contribution in [1.29, 1.82) is 0 Å². The number of hydrogen-bond acceptors (Lipinski definition) is 4. The monoisotopic (exact) mass is 250 g/mol. The molecule has 0 radical (unpaired) electrons. The molecule has 0 aromatic rings. The summed E-state index contributed by atoms with van der Waals surface area (Å²) >= 11 is 3.16. The molecule has 0 atom stereocenters. The smallest absolute Gasteiger partial charge is 0.334 e. The van der Waals surface area contributed by atoms with Crippen molar-refractivity contribution in [2.45, 2.75) is 6.42 Å². The molecule has 0 amide bonds. The molecule has 0 aromatic heterocycles. The maximum absolute atomic E-state index is 11.0. The van der Waals surface area contributed by atoms with Gasteiger partial charge in [0.2, 0.25) is 0 Å². The summed E-state index contributed by atoms with van der Waals surface area (Å²) in [6.07, 6.45) is 1.56. The molecule has 0 unspecified atom stereocenters. The van der Waals surface area contributed by atoms with E-state index in [1.54, 1.807) is 0 Å². The van der Waals surface area contributed by atoms with E-state index in [9.17, 15) is 9.59 Å². The molecule has 0 spiro atoms. The highest BCUT2D eigenvalue weighted by molar-refractivity contribution is 9.09. The molecule has 0 saturated heterocycles. The summed E-state index contributed by atoms with van der Waals surface area (Å²) in [5.41, 5.74) is 0.297. The topological polar surface area (TPSA) is 52.6 Å². The average molecular weight is 251 g/mol. The Morgan fingerprint density at radius 3 is 2.31 bits per heavy atom. The van der Waals surface area contributed by atoms with Crippen molar-refractivity contribution in [2.24, 2.45) is 0 Å². The van der Waals surface area contributed by atoms with Gasteiger partial charge in [-0.25, -0.2) is 9.59 Å². The van der Waals surface area contributed by atoms with E-state index in [2.05, 4.69) is 25.4 Å². The van der Waals surface area contributed by atoms with Crippen molar-refractivity contribution in [3.05, 3.63) is 11.6 Å². The molecule has 0 aliphatic heterocycles. The minimum atomic E-state index is -0.554. The van der Waals surface area contributed by atoms with Crippen LogP contribution < -0.4 is 0 Å². The maximum Gasteiger partial charge on any atom is 0.334 e. The van der Waals surface area contributed by atoms with Gasteiger partial charge in [-0.05, 0) is 6.42 Å². The van der Waals surface area contributed by atoms with Crippen LogP contribution in [-0.2, 0) is 19.1 Å². The Hall–Kier alpha value is -0.840. The third-order valence-electron chi connectivity index (χ3n) is 1.30. The molecule has 0 bridgehead atoms. The minimum Gasteiger partial charge on any atom is -0.466 e. The first kappa shape index (κ1) is 12.2. The molecule has 5 heteroatoms. The van der Waals surface area contributed by atoms with Crippen molar-refractivity contribution in [2.75, 3.05) is 19.5 Å². The fourth-order valence-electron chi connectivity index (χ4n) is 0.667. The van der Waals surface area contributed by atoms with Crippen LogP contribution in [0.1, 0.15) is 6.42 Å². The fourth-order valence-corrected chi connectivity index (χ4v) is 1.09. The second kappa shape index (κ2) is 6.65. The van der Waals surface area contributed by atoms with Crippen LogP contribution in [0.25, 0.3) is 0 Å². The van der Waals surface area contributed by atoms with E-state index in [1.165, 1.54) is 14.2 Å². The van der Waals surface area contributed by atoms with Gasteiger partial charge in [0.25, 0.3) is 0 Å². The summed E-state index contributed by atoms with van der Waals surface area (Å²) in [4.78, 5) is 21.8. The van der Waals surface area contributed by atoms with Crippen molar-refractivity contribution in [3.8, 4) is 0 Å². The summed E-state index contributed by atoms with van der Waals surface area (Å²) in [6.45, 7) is 0. The highest BCUT2D eigenvalue weighted by Crippen LogP contribution is 2.06. The van der Waals surface area contributed by atoms with Gasteiger partial charge in [0, 0.05) is 17.0 Å². The predicted molar refractivity (Wildman–Crippen MR) is 50.5 cm³/mol. The largest absolute Gasteiger partial charge is 0.466 e. The summed E-state index contributed by atoms with van der Waals surface area (Å²) in [7, 11) is 2.52. The van der Waals surface area contributed by atoms with Gasteiger partial charge in [-0.1, -0.05) is 15.9 Å². The Morgan fingerprint density at radius 2 is 1.92 bits per heavy atom. The highest BCUT2D eigenvalue weighted by atomic mass is 79.9. The molecule has 0 rings (SSSR count). The van der Waals surface area contributed by atoms with Gasteiger partial charge < -0.3 is 9.47 Å². The summed E-state index contributed by atoms with van der Waals surface area (Å²) in [5, 5.41) is 0.588. The molecular weight excluding hydrogens is 240 g/mol. The van der Waals surface area contributed by atoms with E-state index >= 15 is 0 Å². The number of carbonyl (C=O) groups is 2. The van der Waals surface area contributed by atoms with Crippen LogP contribution in [0.15, 0.2) is 11.6 Å². The molecule has 0 saturated carbocycles. The lowest BCUT2D eigenvalue weighted by Crippen LogP contribution is -2.08. The quantitative estimate of drug-likeness (QED) is 0.425. The van der Waals surface area contributed by atoms with E-state index in [-0.39, 0.29) is 0 Å². The van der Waals surface area contributed by atoms with Crippen molar-refractivity contribution in [3.63, 3.8) is 0 Å². The Balaban J connectivity index is 4.48. The third kappa shape index (κ3) is 4.67. The van der Waals surface area contributed by atoms with Gasteiger partial charge in [0.15, 0.2) is 0 Å². The molecule has 0 N–H and O–H groups in total. The minimum absolute atomic E-state index is 0.297. The zero-order valence-electron chi connectivity index (χ0n) is 7.50. The van der Waals surface area contributed by atoms with E-state index in [0.29, 0.717) is 17.3 Å². The number of rotatable bonds is 4. The molecular formula is C8H11BrO4. The van der Waals surface area contributed by atoms with Crippen LogP contribution in [0.5, 0.6) is 0 Å². The number of carbonyl (C=O) groups excluding carboxylic acids is 2. The number of hydrogen-bond donors (Lipinski definition) is 0. The van der Waals surface area contributed by atoms with Gasteiger partial charge in [-0.15, -0.1) is 0 Å². The number of alkyl halides is 1. The number of methoxy groups -OCH3 is 2. The second-order valence-electron chi connectivity index (χ2n) is 2.12. The van der Waals surface area contributed by atoms with Crippen molar-refractivity contribution in [1.82, 2.24) is 0 Å². The molecule has 0 heterocycles. The molecule has 0 aliphatic carbocycles. The number of esters is 2. The van der Waals surface area contributed by atoms with Gasteiger partial charge in [0.1, 0.15) is 0 Å². The van der Waals surface area contributed by atoms with E-state index in [4.69, 9.17) is 0 Å². The third-order valence-corrected chi connectivity index (χ3v) is 1.70. The lowest BCUT2D eigenvalue weighted by molar-refractivity contribution is -0.138. The summed E-state index contributed by atoms with van der Waals surface area (Å²) in [5.74, 6) is -1.06. The second-order valence-corrected chi connectivity index (χ2v) is 2.92. The normalized spacial score (nSPS) is 10.8. The first-order valence-corrected chi connectivity index (χ1v) is 4.70. The number of halogens is 1. The molecule has 0 aliphatic rings. The van der Waals surface area contributed by atoms with Gasteiger partial charge in [-0.2, -0.15) is 0 Å². The lowest BCUT2D eigenvalue weighted by Gasteiger charge is -2.01. The lowest BCUT2D eigenvalue weighted by atomic mass is 10.2. The maximum atomic E-state index is 11.0. The van der Waals surface area contributed by atoms with Crippen LogP contribution in [0.2, 0.25) is 0 Å². The van der Waals surface area contributed by atoms with Gasteiger partial charge >= 0.3 is 11.9 Å². The van der Waals surface area contributed by atoms with Crippen molar-refractivity contribution >= 4 is 27.9 Å². The van der Waals surface area contributed by atoms with E-state index in [1.807, 2.05) is 0 Å². The van der Waals surface area contributed by atoms with E-state index < -0.39 is 11.9 Å². The Morgan fingerprint density at radius 1 is 1.31 bits per heavy atom. The predicted octanol–water partition coefficient (Wildman–Crippen LogP) is 1.04. The van der Waals surface area contributed by atoms with Gasteiger partial charge in [-0.3, -0.25) is 0 Å². The molecule has 13 heavy (non-hydrogen) atoms. The average Bonchev–Trinajstić information content (AvgIpc) is 2.15. The first-order valence-electron chi connectivity index (χ1n) is 3.58. The molecule has 0 fully saturated rings. The van der Waals surface area contributed by atoms with Crippen LogP contribution >= 0.6 is 15.9 Å². The van der Waals surface area contributed by atoms with E-state index in [0.717, 1.165) is 6.08 Å². The first-order chi connectivity index (χ1) is 6.15.